The monoisotopic (exact) mass is 222 g/mol. The lowest BCUT2D eigenvalue weighted by Crippen LogP contribution is -2.08. The number of hydrogen-bond donors (Lipinski definition) is 0. The van der Waals surface area contributed by atoms with Gasteiger partial charge in [-0.1, -0.05) is 6.07 Å². The molecule has 2 rings (SSSR count). The Balaban J connectivity index is 2.64. The third-order valence-corrected chi connectivity index (χ3v) is 3.04. The third kappa shape index (κ3) is 1.39. The molecule has 1 aliphatic heterocycles. The number of halogens is 3. The Kier molecular flexibility index (Phi) is 2.02. The molecule has 14 heavy (non-hydrogen) atoms. The molecule has 0 amide bonds. The summed E-state index contributed by atoms with van der Waals surface area (Å²) in [7, 11) is -1.70. The predicted octanol–water partition coefficient (Wildman–Crippen LogP) is 2.16. The van der Waals surface area contributed by atoms with Crippen molar-refractivity contribution in [2.45, 2.75) is 11.1 Å². The summed E-state index contributed by atoms with van der Waals surface area (Å²) >= 11 is 0. The van der Waals surface area contributed by atoms with Crippen molar-refractivity contribution in [1.29, 1.82) is 0 Å². The second kappa shape index (κ2) is 2.98. The number of benzene rings is 1. The third-order valence-electron chi connectivity index (χ3n) is 1.83. The summed E-state index contributed by atoms with van der Waals surface area (Å²) in [5.41, 5.74) is -0.870. The van der Waals surface area contributed by atoms with Crippen molar-refractivity contribution >= 4 is 10.8 Å². The van der Waals surface area contributed by atoms with Crippen LogP contribution < -0.4 is 4.74 Å². The molecule has 0 aliphatic carbocycles. The largest absolute Gasteiger partial charge is 0.479 e. The SMILES string of the molecule is O=S1COc2cccc(C(F)(F)F)c21. The van der Waals surface area contributed by atoms with Gasteiger partial charge in [0.05, 0.1) is 21.3 Å². The zero-order chi connectivity index (χ0) is 10.3. The van der Waals surface area contributed by atoms with Gasteiger partial charge in [-0.2, -0.15) is 13.2 Å². The number of fused-ring (bicyclic) bond motifs is 1. The number of hydrogen-bond acceptors (Lipinski definition) is 2. The van der Waals surface area contributed by atoms with E-state index in [0.29, 0.717) is 0 Å². The fraction of sp³-hybridized carbons (Fsp3) is 0.250. The summed E-state index contributed by atoms with van der Waals surface area (Å²) in [4.78, 5) is -0.236. The summed E-state index contributed by atoms with van der Waals surface area (Å²) in [5, 5.41) is 0. The second-order valence-corrected chi connectivity index (χ2v) is 4.07. The highest BCUT2D eigenvalue weighted by Crippen LogP contribution is 2.40. The average molecular weight is 222 g/mol. The summed E-state index contributed by atoms with van der Waals surface area (Å²) in [6.45, 7) is 0. The zero-order valence-electron chi connectivity index (χ0n) is 6.80. The van der Waals surface area contributed by atoms with E-state index < -0.39 is 22.5 Å². The van der Waals surface area contributed by atoms with Gasteiger partial charge in [0.25, 0.3) is 0 Å². The molecule has 0 saturated carbocycles. The molecule has 6 heteroatoms. The molecule has 1 unspecified atom stereocenters. The van der Waals surface area contributed by atoms with Gasteiger partial charge in [-0.05, 0) is 12.1 Å². The normalized spacial score (nSPS) is 20.4. The van der Waals surface area contributed by atoms with Crippen molar-refractivity contribution in [3.63, 3.8) is 0 Å². The van der Waals surface area contributed by atoms with E-state index in [0.717, 1.165) is 6.07 Å². The van der Waals surface area contributed by atoms with Crippen LogP contribution in [0.2, 0.25) is 0 Å². The average Bonchev–Trinajstić information content (AvgIpc) is 2.46. The Labute approximate surface area is 80.1 Å². The first kappa shape index (κ1) is 9.51. The van der Waals surface area contributed by atoms with Crippen molar-refractivity contribution in [2.75, 3.05) is 5.94 Å². The van der Waals surface area contributed by atoms with Crippen molar-refractivity contribution in [3.8, 4) is 5.75 Å². The molecule has 0 radical (unpaired) electrons. The van der Waals surface area contributed by atoms with Gasteiger partial charge in [-0.25, -0.2) is 0 Å². The minimum Gasteiger partial charge on any atom is -0.479 e. The maximum Gasteiger partial charge on any atom is 0.417 e. The minimum atomic E-state index is -4.48. The van der Waals surface area contributed by atoms with E-state index in [9.17, 15) is 17.4 Å². The molecule has 1 heterocycles. The van der Waals surface area contributed by atoms with Crippen molar-refractivity contribution < 1.29 is 22.1 Å². The molecule has 1 aliphatic rings. The van der Waals surface area contributed by atoms with E-state index in [1.54, 1.807) is 0 Å². The van der Waals surface area contributed by atoms with Gasteiger partial charge in [-0.3, -0.25) is 4.21 Å². The van der Waals surface area contributed by atoms with Crippen LogP contribution in [0, 0.1) is 0 Å². The summed E-state index contributed by atoms with van der Waals surface area (Å²) in [5.74, 6) is -0.124. The van der Waals surface area contributed by atoms with Crippen molar-refractivity contribution in [1.82, 2.24) is 0 Å². The van der Waals surface area contributed by atoms with Gasteiger partial charge in [0.2, 0.25) is 0 Å². The van der Waals surface area contributed by atoms with Gasteiger partial charge in [0.1, 0.15) is 5.75 Å². The van der Waals surface area contributed by atoms with E-state index in [1.165, 1.54) is 12.1 Å². The fourth-order valence-corrected chi connectivity index (χ4v) is 2.40. The van der Waals surface area contributed by atoms with Crippen molar-refractivity contribution in [2.24, 2.45) is 0 Å². The van der Waals surface area contributed by atoms with Crippen LogP contribution in [0.15, 0.2) is 23.1 Å². The summed E-state index contributed by atoms with van der Waals surface area (Å²) in [6, 6.07) is 3.53. The Morgan fingerprint density at radius 2 is 2.07 bits per heavy atom. The first-order valence-corrected chi connectivity index (χ1v) is 5.03. The molecule has 1 aromatic rings. The molecule has 2 nitrogen and oxygen atoms in total. The zero-order valence-corrected chi connectivity index (χ0v) is 7.61. The Hall–Kier alpha value is -1.04. The molecule has 76 valence electrons. The molecule has 0 saturated heterocycles. The van der Waals surface area contributed by atoms with Crippen molar-refractivity contribution in [3.05, 3.63) is 23.8 Å². The van der Waals surface area contributed by atoms with Crippen LogP contribution in [-0.4, -0.2) is 10.1 Å². The van der Waals surface area contributed by atoms with Crippen LogP contribution in [0.1, 0.15) is 5.56 Å². The topological polar surface area (TPSA) is 26.3 Å². The van der Waals surface area contributed by atoms with Crippen LogP contribution in [0.4, 0.5) is 13.2 Å². The predicted molar refractivity (Wildman–Crippen MR) is 43.3 cm³/mol. The maximum atomic E-state index is 12.4. The Bertz CT molecular complexity index is 400. The lowest BCUT2D eigenvalue weighted by Gasteiger charge is -2.08. The fourth-order valence-electron chi connectivity index (χ4n) is 1.26. The van der Waals surface area contributed by atoms with Gasteiger partial charge >= 0.3 is 6.18 Å². The van der Waals surface area contributed by atoms with E-state index in [-0.39, 0.29) is 16.6 Å². The highest BCUT2D eigenvalue weighted by atomic mass is 32.2. The van der Waals surface area contributed by atoms with E-state index in [1.807, 2.05) is 0 Å². The summed E-state index contributed by atoms with van der Waals surface area (Å²) in [6.07, 6.45) is -4.48. The maximum absolute atomic E-state index is 12.4. The molecule has 0 bridgehead atoms. The van der Waals surface area contributed by atoms with Crippen LogP contribution in [0.5, 0.6) is 5.75 Å². The number of rotatable bonds is 0. The smallest absolute Gasteiger partial charge is 0.417 e. The first-order chi connectivity index (χ1) is 6.50. The number of alkyl halides is 3. The number of ether oxygens (including phenoxy) is 1. The summed E-state index contributed by atoms with van der Waals surface area (Å²) < 4.78 is 53.3. The molecule has 1 atom stereocenters. The Morgan fingerprint density at radius 1 is 1.36 bits per heavy atom. The highest BCUT2D eigenvalue weighted by Gasteiger charge is 2.38. The molecular formula is C8H5F3O2S. The van der Waals surface area contributed by atoms with Gasteiger partial charge < -0.3 is 4.74 Å². The van der Waals surface area contributed by atoms with Gasteiger partial charge in [0.15, 0.2) is 5.94 Å². The molecule has 0 N–H and O–H groups in total. The quantitative estimate of drug-likeness (QED) is 0.672. The van der Waals surface area contributed by atoms with E-state index in [4.69, 9.17) is 4.74 Å². The van der Waals surface area contributed by atoms with Gasteiger partial charge in [0, 0.05) is 0 Å². The highest BCUT2D eigenvalue weighted by molar-refractivity contribution is 7.85. The lowest BCUT2D eigenvalue weighted by molar-refractivity contribution is -0.139. The van der Waals surface area contributed by atoms with Gasteiger partial charge in [-0.15, -0.1) is 0 Å². The molecule has 1 aromatic carbocycles. The van der Waals surface area contributed by atoms with Crippen LogP contribution in [0.25, 0.3) is 0 Å². The second-order valence-electron chi connectivity index (χ2n) is 2.74. The minimum absolute atomic E-state index is 0.0677. The van der Waals surface area contributed by atoms with Crippen LogP contribution >= 0.6 is 0 Å². The first-order valence-electron chi connectivity index (χ1n) is 3.71. The van der Waals surface area contributed by atoms with Crippen LogP contribution in [-0.2, 0) is 17.0 Å². The standard InChI is InChI=1S/C8H5F3O2S/c9-8(10,11)5-2-1-3-6-7(5)14(12)4-13-6/h1-3H,4H2. The lowest BCUT2D eigenvalue weighted by atomic mass is 10.2. The molecular weight excluding hydrogens is 217 g/mol. The van der Waals surface area contributed by atoms with E-state index >= 15 is 0 Å². The molecule has 0 spiro atoms. The molecule has 0 aromatic heterocycles. The molecule has 0 fully saturated rings. The van der Waals surface area contributed by atoms with Crippen LogP contribution in [0.3, 0.4) is 0 Å². The Morgan fingerprint density at radius 3 is 2.71 bits per heavy atom. The van der Waals surface area contributed by atoms with E-state index in [2.05, 4.69) is 0 Å².